The molecular formula is C24H24N2O3. The van der Waals surface area contributed by atoms with Crippen LogP contribution in [-0.4, -0.2) is 49.9 Å². The fourth-order valence-corrected chi connectivity index (χ4v) is 3.76. The van der Waals surface area contributed by atoms with Crippen LogP contribution in [0.3, 0.4) is 0 Å². The minimum atomic E-state index is 0.00469. The molecule has 0 N–H and O–H groups in total. The molecule has 5 heteroatoms. The highest BCUT2D eigenvalue weighted by molar-refractivity contribution is 5.88. The summed E-state index contributed by atoms with van der Waals surface area (Å²) in [6.07, 6.45) is 0.881. The topological polar surface area (TPSA) is 49.9 Å². The first-order valence-electron chi connectivity index (χ1n) is 9.85. The van der Waals surface area contributed by atoms with Gasteiger partial charge in [-0.25, -0.2) is 0 Å². The zero-order valence-corrected chi connectivity index (χ0v) is 16.5. The highest BCUT2D eigenvalue weighted by Gasteiger charge is 2.22. The van der Waals surface area contributed by atoms with Crippen LogP contribution in [0.15, 0.2) is 60.7 Å². The number of nitrogens with zero attached hydrogens (tertiary/aromatic N) is 2. The molecule has 5 nitrogen and oxygen atoms in total. The molecule has 4 rings (SSSR count). The first-order valence-corrected chi connectivity index (χ1v) is 9.85. The van der Waals surface area contributed by atoms with Crippen molar-refractivity contribution in [1.29, 1.82) is 0 Å². The molecule has 0 atom stereocenters. The molecule has 1 saturated heterocycles. The van der Waals surface area contributed by atoms with Crippen LogP contribution in [0, 0.1) is 6.92 Å². The highest BCUT2D eigenvalue weighted by Crippen LogP contribution is 2.25. The van der Waals surface area contributed by atoms with E-state index in [1.807, 2.05) is 72.5 Å². The molecule has 29 heavy (non-hydrogen) atoms. The first kappa shape index (κ1) is 19.0. The Morgan fingerprint density at radius 2 is 1.76 bits per heavy atom. The number of hydrogen-bond acceptors (Lipinski definition) is 4. The SMILES string of the molecule is Cc1cc(N2CCN(C(=O)COc3cccc4ccccc34)CC2)ccc1C=O. The number of hydrogen-bond donors (Lipinski definition) is 0. The minimum Gasteiger partial charge on any atom is -0.483 e. The Morgan fingerprint density at radius 3 is 2.52 bits per heavy atom. The third-order valence-electron chi connectivity index (χ3n) is 5.48. The van der Waals surface area contributed by atoms with Crippen molar-refractivity contribution in [3.05, 3.63) is 71.8 Å². The fraction of sp³-hybridized carbons (Fsp3) is 0.250. The van der Waals surface area contributed by atoms with Gasteiger partial charge in [-0.3, -0.25) is 9.59 Å². The number of amides is 1. The Labute approximate surface area is 170 Å². The lowest BCUT2D eigenvalue weighted by Gasteiger charge is -2.36. The quantitative estimate of drug-likeness (QED) is 0.626. The first-order chi connectivity index (χ1) is 14.2. The van der Waals surface area contributed by atoms with Crippen LogP contribution in [0.5, 0.6) is 5.75 Å². The van der Waals surface area contributed by atoms with Crippen LogP contribution >= 0.6 is 0 Å². The number of ether oxygens (including phenoxy) is 1. The Balaban J connectivity index is 1.34. The van der Waals surface area contributed by atoms with E-state index in [1.54, 1.807) is 0 Å². The predicted octanol–water partition coefficient (Wildman–Crippen LogP) is 3.69. The lowest BCUT2D eigenvalue weighted by molar-refractivity contribution is -0.133. The largest absolute Gasteiger partial charge is 0.483 e. The minimum absolute atomic E-state index is 0.00469. The van der Waals surface area contributed by atoms with Crippen molar-refractivity contribution in [2.45, 2.75) is 6.92 Å². The lowest BCUT2D eigenvalue weighted by Crippen LogP contribution is -2.50. The number of piperazine rings is 1. The van der Waals surface area contributed by atoms with E-state index in [4.69, 9.17) is 4.74 Å². The normalized spacial score (nSPS) is 14.1. The smallest absolute Gasteiger partial charge is 0.260 e. The van der Waals surface area contributed by atoms with Gasteiger partial charge in [-0.15, -0.1) is 0 Å². The van der Waals surface area contributed by atoms with E-state index >= 15 is 0 Å². The molecular weight excluding hydrogens is 364 g/mol. The molecule has 1 amide bonds. The van der Waals surface area contributed by atoms with Crippen LogP contribution in [-0.2, 0) is 4.79 Å². The third kappa shape index (κ3) is 4.09. The number of aryl methyl sites for hydroxylation is 1. The van der Waals surface area contributed by atoms with E-state index < -0.39 is 0 Å². The second-order valence-corrected chi connectivity index (χ2v) is 7.29. The van der Waals surface area contributed by atoms with Crippen LogP contribution in [0.4, 0.5) is 5.69 Å². The molecule has 0 saturated carbocycles. The molecule has 0 bridgehead atoms. The average Bonchev–Trinajstić information content (AvgIpc) is 2.77. The van der Waals surface area contributed by atoms with Crippen molar-refractivity contribution in [3.8, 4) is 5.75 Å². The number of fused-ring (bicyclic) bond motifs is 1. The number of benzene rings is 3. The molecule has 0 aromatic heterocycles. The van der Waals surface area contributed by atoms with Gasteiger partial charge in [-0.2, -0.15) is 0 Å². The number of carbonyl (C=O) groups is 2. The van der Waals surface area contributed by atoms with Gasteiger partial charge in [-0.1, -0.05) is 36.4 Å². The molecule has 3 aromatic carbocycles. The van der Waals surface area contributed by atoms with Gasteiger partial charge in [-0.05, 0) is 42.1 Å². The zero-order chi connectivity index (χ0) is 20.2. The number of carbonyl (C=O) groups excluding carboxylic acids is 2. The van der Waals surface area contributed by atoms with Crippen molar-refractivity contribution < 1.29 is 14.3 Å². The summed E-state index contributed by atoms with van der Waals surface area (Å²) in [5.74, 6) is 0.742. The summed E-state index contributed by atoms with van der Waals surface area (Å²) in [7, 11) is 0. The molecule has 148 valence electrons. The van der Waals surface area contributed by atoms with Crippen LogP contribution in [0.25, 0.3) is 10.8 Å². The van der Waals surface area contributed by atoms with Crippen molar-refractivity contribution in [2.24, 2.45) is 0 Å². The Morgan fingerprint density at radius 1 is 1.00 bits per heavy atom. The number of rotatable bonds is 5. The maximum Gasteiger partial charge on any atom is 0.260 e. The molecule has 1 aliphatic rings. The van der Waals surface area contributed by atoms with Gasteiger partial charge in [0.15, 0.2) is 6.61 Å². The van der Waals surface area contributed by atoms with Crippen LogP contribution < -0.4 is 9.64 Å². The summed E-state index contributed by atoms with van der Waals surface area (Å²) >= 11 is 0. The summed E-state index contributed by atoms with van der Waals surface area (Å²) in [4.78, 5) is 27.7. The second kappa shape index (κ2) is 8.35. The van der Waals surface area contributed by atoms with Crippen molar-refractivity contribution in [2.75, 3.05) is 37.7 Å². The molecule has 0 unspecified atom stereocenters. The highest BCUT2D eigenvalue weighted by atomic mass is 16.5. The van der Waals surface area contributed by atoms with Crippen molar-refractivity contribution in [1.82, 2.24) is 4.90 Å². The van der Waals surface area contributed by atoms with Gasteiger partial charge >= 0.3 is 0 Å². The van der Waals surface area contributed by atoms with Crippen molar-refractivity contribution >= 4 is 28.7 Å². The summed E-state index contributed by atoms with van der Waals surface area (Å²) in [6, 6.07) is 19.7. The zero-order valence-electron chi connectivity index (χ0n) is 16.5. The van der Waals surface area contributed by atoms with E-state index in [9.17, 15) is 9.59 Å². The number of anilines is 1. The molecule has 0 radical (unpaired) electrons. The fourth-order valence-electron chi connectivity index (χ4n) is 3.76. The molecule has 0 aliphatic carbocycles. The molecule has 1 aliphatic heterocycles. The van der Waals surface area contributed by atoms with Gasteiger partial charge in [0, 0.05) is 42.8 Å². The maximum absolute atomic E-state index is 12.6. The van der Waals surface area contributed by atoms with Crippen molar-refractivity contribution in [3.63, 3.8) is 0 Å². The summed E-state index contributed by atoms with van der Waals surface area (Å²) < 4.78 is 5.85. The van der Waals surface area contributed by atoms with Crippen LogP contribution in [0.2, 0.25) is 0 Å². The predicted molar refractivity (Wildman–Crippen MR) is 115 cm³/mol. The second-order valence-electron chi connectivity index (χ2n) is 7.29. The third-order valence-corrected chi connectivity index (χ3v) is 5.48. The van der Waals surface area contributed by atoms with E-state index in [0.717, 1.165) is 47.1 Å². The van der Waals surface area contributed by atoms with E-state index in [1.165, 1.54) is 0 Å². The van der Waals surface area contributed by atoms with Gasteiger partial charge < -0.3 is 14.5 Å². The molecule has 0 spiro atoms. The molecule has 3 aromatic rings. The number of aldehydes is 1. The van der Waals surface area contributed by atoms with Gasteiger partial charge in [0.1, 0.15) is 12.0 Å². The van der Waals surface area contributed by atoms with Gasteiger partial charge in [0.05, 0.1) is 0 Å². The van der Waals surface area contributed by atoms with Crippen LogP contribution in [0.1, 0.15) is 15.9 Å². The monoisotopic (exact) mass is 388 g/mol. The standard InChI is InChI=1S/C24H24N2O3/c1-18-15-21(10-9-20(18)16-27)25-11-13-26(14-12-25)24(28)17-29-23-8-4-6-19-5-2-3-7-22(19)23/h2-10,15-16H,11-14,17H2,1H3. The summed E-state index contributed by atoms with van der Waals surface area (Å²) in [5.41, 5.74) is 2.78. The Hall–Kier alpha value is -3.34. The lowest BCUT2D eigenvalue weighted by atomic mass is 10.1. The maximum atomic E-state index is 12.6. The average molecular weight is 388 g/mol. The summed E-state index contributed by atoms with van der Waals surface area (Å²) in [5, 5.41) is 2.11. The Kier molecular flexibility index (Phi) is 5.47. The Bertz CT molecular complexity index is 1030. The van der Waals surface area contributed by atoms with E-state index in [-0.39, 0.29) is 12.5 Å². The molecule has 1 fully saturated rings. The summed E-state index contributed by atoms with van der Waals surface area (Å²) in [6.45, 7) is 4.83. The van der Waals surface area contributed by atoms with E-state index in [0.29, 0.717) is 18.7 Å². The van der Waals surface area contributed by atoms with Gasteiger partial charge in [0.25, 0.3) is 5.91 Å². The van der Waals surface area contributed by atoms with E-state index in [2.05, 4.69) is 4.90 Å². The molecule has 1 heterocycles. The van der Waals surface area contributed by atoms with Gasteiger partial charge in [0.2, 0.25) is 0 Å².